The van der Waals surface area contributed by atoms with Crippen molar-refractivity contribution in [2.24, 2.45) is 0 Å². The number of nitrogens with one attached hydrogen (secondary N) is 1. The van der Waals surface area contributed by atoms with E-state index < -0.39 is 0 Å². The van der Waals surface area contributed by atoms with Gasteiger partial charge in [0.15, 0.2) is 0 Å². The first kappa shape index (κ1) is 18.8. The van der Waals surface area contributed by atoms with Gasteiger partial charge in [-0.05, 0) is 49.6 Å². The molecule has 3 heteroatoms. The molecule has 1 N–H and O–H groups in total. The summed E-state index contributed by atoms with van der Waals surface area (Å²) in [5, 5.41) is 8.30. The highest BCUT2D eigenvalue weighted by Crippen LogP contribution is 2.54. The lowest BCUT2D eigenvalue weighted by atomic mass is 9.62. The monoisotopic (exact) mass is 374 g/mol. The molecule has 28 heavy (non-hydrogen) atoms. The maximum absolute atomic E-state index is 6.20. The van der Waals surface area contributed by atoms with Crippen LogP contribution in [0.2, 0.25) is 0 Å². The van der Waals surface area contributed by atoms with Crippen LogP contribution in [0.1, 0.15) is 69.8 Å². The number of allylic oxidation sites excluding steroid dienone is 3. The fraction of sp³-hybridized carbons (Fsp3) is 0.400. The Morgan fingerprint density at radius 1 is 1.18 bits per heavy atom. The summed E-state index contributed by atoms with van der Waals surface area (Å²) in [6.07, 6.45) is 11.4. The normalized spacial score (nSPS) is 31.1. The zero-order chi connectivity index (χ0) is 19.9. The number of nitrogens with zero attached hydrogens (tertiary/aromatic N) is 1. The first-order valence-electron chi connectivity index (χ1n) is 10.4. The quantitative estimate of drug-likeness (QED) is 0.634. The second-order valence-electron chi connectivity index (χ2n) is 8.12. The molecule has 0 fully saturated rings. The van der Waals surface area contributed by atoms with E-state index in [-0.39, 0.29) is 16.9 Å². The molecule has 2 bridgehead atoms. The lowest BCUT2D eigenvalue weighted by molar-refractivity contribution is 0.184. The van der Waals surface area contributed by atoms with E-state index in [1.54, 1.807) is 0 Å². The average molecular weight is 375 g/mol. The predicted octanol–water partition coefficient (Wildman–Crippen LogP) is 6.35. The van der Waals surface area contributed by atoms with E-state index in [2.05, 4.69) is 93.4 Å². The van der Waals surface area contributed by atoms with Gasteiger partial charge in [0, 0.05) is 17.0 Å². The molecule has 0 radical (unpaired) electrons. The fourth-order valence-corrected chi connectivity index (χ4v) is 5.23. The molecule has 4 rings (SSSR count). The lowest BCUT2D eigenvalue weighted by Gasteiger charge is -2.46. The Kier molecular flexibility index (Phi) is 4.57. The maximum Gasteiger partial charge on any atom is 0.149 e. The van der Waals surface area contributed by atoms with E-state index in [1.807, 2.05) is 0 Å². The van der Waals surface area contributed by atoms with E-state index in [1.165, 1.54) is 22.3 Å². The summed E-state index contributed by atoms with van der Waals surface area (Å²) in [6.45, 7) is 13.2. The molecule has 146 valence electrons. The van der Waals surface area contributed by atoms with Crippen molar-refractivity contribution in [3.8, 4) is 11.3 Å². The number of hydrogen-bond donors (Lipinski definition) is 1. The van der Waals surface area contributed by atoms with Gasteiger partial charge in [-0.25, -0.2) is 0 Å². The van der Waals surface area contributed by atoms with Crippen molar-refractivity contribution in [3.63, 3.8) is 0 Å². The van der Waals surface area contributed by atoms with Crippen molar-refractivity contribution in [1.82, 2.24) is 10.5 Å². The second kappa shape index (κ2) is 6.80. The number of benzene rings is 1. The number of rotatable bonds is 4. The van der Waals surface area contributed by atoms with Gasteiger partial charge in [0.25, 0.3) is 0 Å². The van der Waals surface area contributed by atoms with Gasteiger partial charge in [-0.15, -0.1) is 6.58 Å². The highest BCUT2D eigenvalue weighted by atomic mass is 16.5. The highest BCUT2D eigenvalue weighted by molar-refractivity contribution is 5.90. The first-order valence-corrected chi connectivity index (χ1v) is 10.4. The van der Waals surface area contributed by atoms with Crippen molar-refractivity contribution >= 4 is 5.57 Å². The van der Waals surface area contributed by atoms with Crippen LogP contribution in [-0.4, -0.2) is 10.7 Å². The summed E-state index contributed by atoms with van der Waals surface area (Å²) in [5.41, 5.74) is 5.46. The molecule has 1 aromatic carbocycles. The zero-order valence-corrected chi connectivity index (χ0v) is 17.4. The summed E-state index contributed by atoms with van der Waals surface area (Å²) < 4.78 is 6.20. The SMILES string of the molecule is C=CC1(CC)N/C=C\C=C2\c3ccccc3-c3noc(c3C2CC)C1(C)CC. The third-order valence-electron chi connectivity index (χ3n) is 7.17. The topological polar surface area (TPSA) is 38.1 Å². The Balaban J connectivity index is 2.11. The number of fused-ring (bicyclic) bond motifs is 4. The van der Waals surface area contributed by atoms with Crippen molar-refractivity contribution < 1.29 is 4.52 Å². The molecule has 0 spiro atoms. The van der Waals surface area contributed by atoms with Gasteiger partial charge in [-0.3, -0.25) is 0 Å². The Morgan fingerprint density at radius 2 is 1.93 bits per heavy atom. The molecule has 0 amide bonds. The predicted molar refractivity (Wildman–Crippen MR) is 116 cm³/mol. The second-order valence-corrected chi connectivity index (χ2v) is 8.12. The van der Waals surface area contributed by atoms with Crippen molar-refractivity contribution in [1.29, 1.82) is 0 Å². The molecule has 1 aliphatic carbocycles. The molecule has 1 aromatic heterocycles. The largest absolute Gasteiger partial charge is 0.381 e. The Bertz CT molecular complexity index is 967. The third-order valence-corrected chi connectivity index (χ3v) is 7.17. The fourth-order valence-electron chi connectivity index (χ4n) is 5.23. The molecule has 0 saturated carbocycles. The summed E-state index contributed by atoms with van der Waals surface area (Å²) in [7, 11) is 0. The van der Waals surface area contributed by atoms with Gasteiger partial charge in [0.2, 0.25) is 0 Å². The molecule has 2 aromatic rings. The summed E-state index contributed by atoms with van der Waals surface area (Å²) in [6, 6.07) is 8.56. The van der Waals surface area contributed by atoms with Gasteiger partial charge < -0.3 is 9.84 Å². The van der Waals surface area contributed by atoms with Crippen molar-refractivity contribution in [2.75, 3.05) is 0 Å². The molecule has 3 nitrogen and oxygen atoms in total. The standard InChI is InChI=1S/C25H30N2O/c1-6-17-18-15-12-16-26-25(8-3,9-4)24(5,7-2)23-21(17)22(27-28-23)20-14-11-10-13-19(18)20/h8,10-17,26H,3,6-7,9H2,1-2,4-5H3/b16-12-,18-15+. The number of hydrogen-bond acceptors (Lipinski definition) is 3. The summed E-state index contributed by atoms with van der Waals surface area (Å²) in [5.74, 6) is 1.28. The smallest absolute Gasteiger partial charge is 0.149 e. The van der Waals surface area contributed by atoms with E-state index >= 15 is 0 Å². The Morgan fingerprint density at radius 3 is 2.57 bits per heavy atom. The molecule has 1 aliphatic heterocycles. The zero-order valence-electron chi connectivity index (χ0n) is 17.4. The third kappa shape index (κ3) is 2.32. The number of aromatic nitrogens is 1. The summed E-state index contributed by atoms with van der Waals surface area (Å²) in [4.78, 5) is 0. The van der Waals surface area contributed by atoms with Gasteiger partial charge in [-0.2, -0.15) is 0 Å². The van der Waals surface area contributed by atoms with Crippen LogP contribution in [0.15, 0.2) is 59.8 Å². The van der Waals surface area contributed by atoms with Crippen LogP contribution in [0.25, 0.3) is 16.8 Å². The Labute approximate surface area is 168 Å². The van der Waals surface area contributed by atoms with E-state index in [0.717, 1.165) is 30.7 Å². The minimum absolute atomic E-state index is 0.267. The summed E-state index contributed by atoms with van der Waals surface area (Å²) >= 11 is 0. The minimum atomic E-state index is -0.313. The highest BCUT2D eigenvalue weighted by Gasteiger charge is 2.51. The first-order chi connectivity index (χ1) is 13.6. The van der Waals surface area contributed by atoms with E-state index in [0.29, 0.717) is 0 Å². The van der Waals surface area contributed by atoms with E-state index in [9.17, 15) is 0 Å². The van der Waals surface area contributed by atoms with Gasteiger partial charge in [0.1, 0.15) is 11.5 Å². The van der Waals surface area contributed by atoms with Gasteiger partial charge in [-0.1, -0.05) is 62.3 Å². The van der Waals surface area contributed by atoms with Gasteiger partial charge in [0.05, 0.1) is 11.0 Å². The van der Waals surface area contributed by atoms with Crippen molar-refractivity contribution in [2.45, 2.75) is 63.8 Å². The lowest BCUT2D eigenvalue weighted by Crippen LogP contribution is -2.56. The van der Waals surface area contributed by atoms with Crippen LogP contribution in [0, 0.1) is 0 Å². The van der Waals surface area contributed by atoms with Crippen LogP contribution < -0.4 is 5.32 Å². The van der Waals surface area contributed by atoms with Crippen LogP contribution >= 0.6 is 0 Å². The molecular formula is C25H30N2O. The molecule has 2 aliphatic rings. The van der Waals surface area contributed by atoms with Crippen LogP contribution in [0.5, 0.6) is 0 Å². The van der Waals surface area contributed by atoms with Crippen LogP contribution in [0.4, 0.5) is 0 Å². The molecule has 0 saturated heterocycles. The molecule has 3 atom stereocenters. The van der Waals surface area contributed by atoms with Crippen LogP contribution in [-0.2, 0) is 5.41 Å². The minimum Gasteiger partial charge on any atom is -0.381 e. The molecule has 2 heterocycles. The maximum atomic E-state index is 6.20. The van der Waals surface area contributed by atoms with E-state index in [4.69, 9.17) is 4.52 Å². The molecular weight excluding hydrogens is 344 g/mol. The average Bonchev–Trinajstić information content (AvgIpc) is 3.19. The van der Waals surface area contributed by atoms with Crippen LogP contribution in [0.3, 0.4) is 0 Å². The van der Waals surface area contributed by atoms with Crippen molar-refractivity contribution in [3.05, 3.63) is 72.2 Å². The molecule has 3 unspecified atom stereocenters. The van der Waals surface area contributed by atoms with Gasteiger partial charge >= 0.3 is 0 Å². The Hall–Kier alpha value is -2.55.